The van der Waals surface area contributed by atoms with E-state index in [4.69, 9.17) is 28.5 Å². The van der Waals surface area contributed by atoms with Gasteiger partial charge in [0.15, 0.2) is 0 Å². The van der Waals surface area contributed by atoms with E-state index in [2.05, 4.69) is 12.1 Å². The van der Waals surface area contributed by atoms with E-state index in [-0.39, 0.29) is 0 Å². The number of halogens is 2. The zero-order valence-electron chi connectivity index (χ0n) is 5.44. The number of hydrogen-bond donors (Lipinski definition) is 0. The Kier molecular flexibility index (Phi) is 2.60. The number of rotatable bonds is 1. The molecule has 0 bridgehead atoms. The second kappa shape index (κ2) is 3.49. The molecule has 0 aliphatic heterocycles. The van der Waals surface area contributed by atoms with Crippen molar-refractivity contribution in [3.8, 4) is 6.07 Å². The van der Waals surface area contributed by atoms with Gasteiger partial charge in [0, 0.05) is 0 Å². The van der Waals surface area contributed by atoms with Gasteiger partial charge in [0.2, 0.25) is 0 Å². The highest BCUT2D eigenvalue weighted by atomic mass is 35.5. The van der Waals surface area contributed by atoms with E-state index in [9.17, 15) is 0 Å². The fourth-order valence-electron chi connectivity index (χ4n) is 0.628. The highest BCUT2D eigenvalue weighted by molar-refractivity contribution is 6.44. The van der Waals surface area contributed by atoms with Gasteiger partial charge >= 0.3 is 0 Å². The van der Waals surface area contributed by atoms with Crippen molar-refractivity contribution in [2.24, 2.45) is 0 Å². The van der Waals surface area contributed by atoms with Gasteiger partial charge in [-0.2, -0.15) is 5.26 Å². The fraction of sp³-hybridized carbons (Fsp3) is 0.125. The molecule has 0 amide bonds. The number of hydrogen-bond acceptors (Lipinski definition) is 1. The van der Waals surface area contributed by atoms with Crippen LogP contribution >= 0.6 is 23.2 Å². The van der Waals surface area contributed by atoms with Gasteiger partial charge in [-0.1, -0.05) is 12.1 Å². The van der Waals surface area contributed by atoms with Crippen LogP contribution in [0.15, 0.2) is 12.1 Å². The summed E-state index contributed by atoms with van der Waals surface area (Å²) in [7, 11) is 0. The molecule has 3 heteroatoms. The van der Waals surface area contributed by atoms with E-state index >= 15 is 0 Å². The molecular formula is C8H3Cl2N. The highest BCUT2D eigenvalue weighted by Gasteiger charge is 2.02. The van der Waals surface area contributed by atoms with Gasteiger partial charge in [0.25, 0.3) is 0 Å². The maximum absolute atomic E-state index is 8.46. The van der Waals surface area contributed by atoms with Crippen LogP contribution in [0.5, 0.6) is 0 Å². The maximum atomic E-state index is 8.46. The molecular weight excluding hydrogens is 181 g/mol. The summed E-state index contributed by atoms with van der Waals surface area (Å²) in [5, 5.41) is 8.46. The molecule has 0 radical (unpaired) electrons. The van der Waals surface area contributed by atoms with Crippen LogP contribution < -0.4 is 0 Å². The molecule has 0 N–H and O–H groups in total. The predicted molar refractivity (Wildman–Crippen MR) is 43.3 cm³/mol. The molecule has 54 valence electrons. The Morgan fingerprint density at radius 3 is 2.82 bits per heavy atom. The summed E-state index contributed by atoms with van der Waals surface area (Å²) in [6.45, 7) is 0. The van der Waals surface area contributed by atoms with Crippen LogP contribution in [-0.2, 0) is 0 Å². The van der Waals surface area contributed by atoms with Crippen LogP contribution in [0.3, 0.4) is 0 Å². The van der Waals surface area contributed by atoms with Gasteiger partial charge < -0.3 is 0 Å². The summed E-state index contributed by atoms with van der Waals surface area (Å²) >= 11 is 11.1. The standard InChI is InChI=1S/C8H3Cl2N/c9-8(10)7-3-1-2-6(4-7)5-11/h3-4,8H. The largest absolute Gasteiger partial charge is 0.192 e. The molecule has 1 nitrogen and oxygen atoms in total. The zero-order valence-corrected chi connectivity index (χ0v) is 6.95. The van der Waals surface area contributed by atoms with Gasteiger partial charge in [-0.3, -0.25) is 0 Å². The van der Waals surface area contributed by atoms with Crippen LogP contribution in [0, 0.1) is 23.5 Å². The normalized spacial score (nSPS) is 8.91. The Balaban J connectivity index is 3.03. The Morgan fingerprint density at radius 2 is 2.27 bits per heavy atom. The zero-order chi connectivity index (χ0) is 8.27. The van der Waals surface area contributed by atoms with E-state index < -0.39 is 4.84 Å². The third-order valence-electron chi connectivity index (χ3n) is 1.13. The van der Waals surface area contributed by atoms with E-state index in [1.807, 2.05) is 6.07 Å². The molecule has 0 spiro atoms. The van der Waals surface area contributed by atoms with Crippen LogP contribution in [0.2, 0.25) is 0 Å². The minimum atomic E-state index is -0.604. The third-order valence-corrected chi connectivity index (χ3v) is 1.63. The van der Waals surface area contributed by atoms with E-state index in [1.54, 1.807) is 12.1 Å². The molecule has 0 unspecified atom stereocenters. The second-order valence-corrected chi connectivity index (χ2v) is 2.98. The van der Waals surface area contributed by atoms with E-state index in [1.165, 1.54) is 0 Å². The van der Waals surface area contributed by atoms with Crippen molar-refractivity contribution in [3.63, 3.8) is 0 Å². The minimum absolute atomic E-state index is 0.397. The molecule has 1 aromatic carbocycles. The van der Waals surface area contributed by atoms with Gasteiger partial charge in [-0.05, 0) is 17.7 Å². The van der Waals surface area contributed by atoms with E-state index in [0.717, 1.165) is 0 Å². The van der Waals surface area contributed by atoms with Crippen molar-refractivity contribution in [1.29, 1.82) is 5.26 Å². The molecule has 0 fully saturated rings. The first-order chi connectivity index (χ1) is 5.24. The highest BCUT2D eigenvalue weighted by Crippen LogP contribution is 2.23. The predicted octanol–water partition coefficient (Wildman–Crippen LogP) is 2.63. The van der Waals surface area contributed by atoms with Crippen LogP contribution in [0.4, 0.5) is 0 Å². The van der Waals surface area contributed by atoms with Gasteiger partial charge in [-0.15, -0.1) is 23.2 Å². The molecule has 1 aromatic rings. The molecule has 0 aromatic heterocycles. The first-order valence-corrected chi connectivity index (χ1v) is 3.73. The molecule has 0 aliphatic carbocycles. The maximum Gasteiger partial charge on any atom is 0.133 e. The summed E-state index contributed by atoms with van der Waals surface area (Å²) < 4.78 is 0. The molecule has 0 saturated heterocycles. The van der Waals surface area contributed by atoms with Crippen LogP contribution in [-0.4, -0.2) is 0 Å². The summed E-state index contributed by atoms with van der Waals surface area (Å²) in [5.74, 6) is 0. The lowest BCUT2D eigenvalue weighted by molar-refractivity contribution is 1.34. The average Bonchev–Trinajstić information content (AvgIpc) is 2.05. The number of alkyl halides is 2. The SMILES string of the molecule is N#Cc1c#ccc(C(Cl)Cl)c1. The topological polar surface area (TPSA) is 23.8 Å². The van der Waals surface area contributed by atoms with Crippen LogP contribution in [0.1, 0.15) is 16.0 Å². The quantitative estimate of drug-likeness (QED) is 0.615. The Labute approximate surface area is 75.2 Å². The molecule has 0 heterocycles. The van der Waals surface area contributed by atoms with Crippen LogP contribution in [0.25, 0.3) is 0 Å². The number of nitrogens with zero attached hydrogens (tertiary/aromatic N) is 1. The first kappa shape index (κ1) is 8.21. The van der Waals surface area contributed by atoms with Crippen molar-refractivity contribution >= 4 is 23.2 Å². The molecule has 1 rings (SSSR count). The lowest BCUT2D eigenvalue weighted by Gasteiger charge is -1.96. The summed E-state index contributed by atoms with van der Waals surface area (Å²) in [6, 6.07) is 10.4. The summed E-state index contributed by atoms with van der Waals surface area (Å²) in [5.41, 5.74) is 1.07. The van der Waals surface area contributed by atoms with Crippen molar-refractivity contribution in [2.45, 2.75) is 4.84 Å². The number of nitriles is 1. The molecule has 0 atom stereocenters. The summed E-state index contributed by atoms with van der Waals surface area (Å²) in [6.07, 6.45) is 0. The summed E-state index contributed by atoms with van der Waals surface area (Å²) in [4.78, 5) is -0.604. The van der Waals surface area contributed by atoms with Gasteiger partial charge in [0.1, 0.15) is 16.5 Å². The monoisotopic (exact) mass is 183 g/mol. The van der Waals surface area contributed by atoms with Crippen molar-refractivity contribution in [1.82, 2.24) is 0 Å². The van der Waals surface area contributed by atoms with E-state index in [0.29, 0.717) is 11.1 Å². The Hall–Kier alpha value is -0.890. The average molecular weight is 184 g/mol. The minimum Gasteiger partial charge on any atom is -0.192 e. The fourth-order valence-corrected chi connectivity index (χ4v) is 0.880. The lowest BCUT2D eigenvalue weighted by Crippen LogP contribution is -1.80. The first-order valence-electron chi connectivity index (χ1n) is 2.85. The van der Waals surface area contributed by atoms with Gasteiger partial charge in [0.05, 0.1) is 0 Å². The third kappa shape index (κ3) is 2.02. The molecule has 11 heavy (non-hydrogen) atoms. The Morgan fingerprint density at radius 1 is 1.55 bits per heavy atom. The van der Waals surface area contributed by atoms with Crippen molar-refractivity contribution in [3.05, 3.63) is 35.4 Å². The molecule has 0 aliphatic rings. The smallest absolute Gasteiger partial charge is 0.133 e. The van der Waals surface area contributed by atoms with Crippen molar-refractivity contribution in [2.75, 3.05) is 0 Å². The van der Waals surface area contributed by atoms with Crippen molar-refractivity contribution < 1.29 is 0 Å². The lowest BCUT2D eigenvalue weighted by atomic mass is 10.2. The second-order valence-electron chi connectivity index (χ2n) is 1.88. The molecule has 0 saturated carbocycles. The van der Waals surface area contributed by atoms with Gasteiger partial charge in [-0.25, -0.2) is 0 Å². The Bertz CT molecular complexity index is 288.